The molecule has 0 aromatic carbocycles. The molecule has 0 aliphatic heterocycles. The molecule has 1 atom stereocenters. The van der Waals surface area contributed by atoms with Crippen molar-refractivity contribution in [3.63, 3.8) is 0 Å². The summed E-state index contributed by atoms with van der Waals surface area (Å²) >= 11 is 0. The zero-order valence-electron chi connectivity index (χ0n) is 9.17. The predicted octanol–water partition coefficient (Wildman–Crippen LogP) is 0.975. The van der Waals surface area contributed by atoms with Crippen LogP contribution in [0.4, 0.5) is 0 Å². The number of nitrogens with one attached hydrogen (secondary N) is 1. The third-order valence-corrected chi connectivity index (χ3v) is 3.05. The zero-order valence-corrected chi connectivity index (χ0v) is 9.17. The van der Waals surface area contributed by atoms with Crippen LogP contribution in [0.2, 0.25) is 0 Å². The normalized spacial score (nSPS) is 21.0. The SMILES string of the molecule is NCCCC(N)CNC1CCCCC1. The van der Waals surface area contributed by atoms with E-state index in [-0.39, 0.29) is 0 Å². The highest BCUT2D eigenvalue weighted by atomic mass is 14.9. The Kier molecular flexibility index (Phi) is 6.15. The van der Waals surface area contributed by atoms with Gasteiger partial charge in [-0.05, 0) is 32.2 Å². The van der Waals surface area contributed by atoms with Crippen LogP contribution in [0.3, 0.4) is 0 Å². The molecule has 0 spiro atoms. The lowest BCUT2D eigenvalue weighted by atomic mass is 9.95. The van der Waals surface area contributed by atoms with Gasteiger partial charge < -0.3 is 16.8 Å². The Hall–Kier alpha value is -0.120. The first-order valence-electron chi connectivity index (χ1n) is 6.02. The van der Waals surface area contributed by atoms with Gasteiger partial charge in [0, 0.05) is 18.6 Å². The molecule has 1 fully saturated rings. The molecule has 0 aromatic rings. The maximum absolute atomic E-state index is 5.96. The second-order valence-electron chi connectivity index (χ2n) is 4.43. The minimum Gasteiger partial charge on any atom is -0.330 e. The molecular weight excluding hydrogens is 174 g/mol. The van der Waals surface area contributed by atoms with E-state index in [1.807, 2.05) is 0 Å². The van der Waals surface area contributed by atoms with Crippen molar-refractivity contribution in [3.05, 3.63) is 0 Å². The molecule has 0 bridgehead atoms. The van der Waals surface area contributed by atoms with Crippen molar-refractivity contribution >= 4 is 0 Å². The van der Waals surface area contributed by atoms with E-state index < -0.39 is 0 Å². The quantitative estimate of drug-likeness (QED) is 0.597. The molecule has 0 heterocycles. The second kappa shape index (κ2) is 7.21. The molecule has 84 valence electrons. The molecule has 0 radical (unpaired) electrons. The smallest absolute Gasteiger partial charge is 0.0165 e. The summed E-state index contributed by atoms with van der Waals surface area (Å²) in [5.74, 6) is 0. The van der Waals surface area contributed by atoms with Crippen molar-refractivity contribution in [2.45, 2.75) is 57.0 Å². The molecule has 0 amide bonds. The molecule has 14 heavy (non-hydrogen) atoms. The lowest BCUT2D eigenvalue weighted by Gasteiger charge is -2.24. The van der Waals surface area contributed by atoms with Crippen LogP contribution in [0, 0.1) is 0 Å². The summed E-state index contributed by atoms with van der Waals surface area (Å²) in [6.07, 6.45) is 8.96. The van der Waals surface area contributed by atoms with Gasteiger partial charge in [-0.1, -0.05) is 19.3 Å². The third kappa shape index (κ3) is 4.94. The van der Waals surface area contributed by atoms with E-state index in [0.717, 1.165) is 32.0 Å². The fourth-order valence-corrected chi connectivity index (χ4v) is 2.11. The lowest BCUT2D eigenvalue weighted by molar-refractivity contribution is 0.360. The maximum atomic E-state index is 5.96. The van der Waals surface area contributed by atoms with Gasteiger partial charge in [0.15, 0.2) is 0 Å². The predicted molar refractivity (Wildman–Crippen MR) is 61.1 cm³/mol. The number of rotatable bonds is 6. The van der Waals surface area contributed by atoms with Crippen molar-refractivity contribution in [2.24, 2.45) is 11.5 Å². The number of hydrogen-bond acceptors (Lipinski definition) is 3. The average molecular weight is 199 g/mol. The molecule has 1 aliphatic carbocycles. The Morgan fingerprint density at radius 2 is 1.93 bits per heavy atom. The first-order chi connectivity index (χ1) is 6.83. The molecule has 0 saturated heterocycles. The highest BCUT2D eigenvalue weighted by molar-refractivity contribution is 4.74. The summed E-state index contributed by atoms with van der Waals surface area (Å²) in [4.78, 5) is 0. The summed E-state index contributed by atoms with van der Waals surface area (Å²) in [5, 5.41) is 3.56. The largest absolute Gasteiger partial charge is 0.330 e. The Labute approximate surface area is 87.6 Å². The van der Waals surface area contributed by atoms with E-state index in [9.17, 15) is 0 Å². The molecule has 1 aliphatic rings. The van der Waals surface area contributed by atoms with Crippen LogP contribution >= 0.6 is 0 Å². The van der Waals surface area contributed by atoms with E-state index in [1.54, 1.807) is 0 Å². The van der Waals surface area contributed by atoms with Gasteiger partial charge in [-0.3, -0.25) is 0 Å². The first-order valence-corrected chi connectivity index (χ1v) is 6.02. The van der Waals surface area contributed by atoms with E-state index in [1.165, 1.54) is 32.1 Å². The summed E-state index contributed by atoms with van der Waals surface area (Å²) in [5.41, 5.74) is 11.4. The Morgan fingerprint density at radius 1 is 1.21 bits per heavy atom. The fourth-order valence-electron chi connectivity index (χ4n) is 2.11. The van der Waals surface area contributed by atoms with Crippen LogP contribution in [0.5, 0.6) is 0 Å². The number of nitrogens with two attached hydrogens (primary N) is 2. The minimum absolute atomic E-state index is 0.292. The first kappa shape index (κ1) is 12.0. The monoisotopic (exact) mass is 199 g/mol. The van der Waals surface area contributed by atoms with Gasteiger partial charge in [0.2, 0.25) is 0 Å². The molecule has 3 heteroatoms. The van der Waals surface area contributed by atoms with Crippen LogP contribution in [0.25, 0.3) is 0 Å². The van der Waals surface area contributed by atoms with E-state index >= 15 is 0 Å². The molecular formula is C11H25N3. The van der Waals surface area contributed by atoms with Crippen LogP contribution in [0.1, 0.15) is 44.9 Å². The lowest BCUT2D eigenvalue weighted by Crippen LogP contribution is -2.40. The second-order valence-corrected chi connectivity index (χ2v) is 4.43. The third-order valence-electron chi connectivity index (χ3n) is 3.05. The fraction of sp³-hybridized carbons (Fsp3) is 1.00. The van der Waals surface area contributed by atoms with Crippen LogP contribution in [-0.4, -0.2) is 25.2 Å². The van der Waals surface area contributed by atoms with Crippen LogP contribution < -0.4 is 16.8 Å². The van der Waals surface area contributed by atoms with E-state index in [4.69, 9.17) is 11.5 Å². The highest BCUT2D eigenvalue weighted by Crippen LogP contribution is 2.17. The molecule has 5 N–H and O–H groups in total. The van der Waals surface area contributed by atoms with Crippen LogP contribution in [-0.2, 0) is 0 Å². The molecule has 3 nitrogen and oxygen atoms in total. The van der Waals surface area contributed by atoms with Crippen molar-refractivity contribution in [3.8, 4) is 0 Å². The van der Waals surface area contributed by atoms with Gasteiger partial charge in [0.1, 0.15) is 0 Å². The van der Waals surface area contributed by atoms with Crippen LogP contribution in [0.15, 0.2) is 0 Å². The van der Waals surface area contributed by atoms with Crippen molar-refractivity contribution in [2.75, 3.05) is 13.1 Å². The standard InChI is InChI=1S/C11H25N3/c12-8-4-5-10(13)9-14-11-6-2-1-3-7-11/h10-11,14H,1-9,12-13H2. The van der Waals surface area contributed by atoms with Gasteiger partial charge in [-0.25, -0.2) is 0 Å². The maximum Gasteiger partial charge on any atom is 0.0165 e. The summed E-state index contributed by atoms with van der Waals surface area (Å²) in [6, 6.07) is 1.02. The Morgan fingerprint density at radius 3 is 2.57 bits per heavy atom. The van der Waals surface area contributed by atoms with Crippen molar-refractivity contribution in [1.29, 1.82) is 0 Å². The van der Waals surface area contributed by atoms with E-state index in [0.29, 0.717) is 6.04 Å². The highest BCUT2D eigenvalue weighted by Gasteiger charge is 2.13. The van der Waals surface area contributed by atoms with Gasteiger partial charge >= 0.3 is 0 Å². The van der Waals surface area contributed by atoms with E-state index in [2.05, 4.69) is 5.32 Å². The molecule has 0 aromatic heterocycles. The Bertz CT molecular complexity index is 132. The van der Waals surface area contributed by atoms with Crippen molar-refractivity contribution < 1.29 is 0 Å². The topological polar surface area (TPSA) is 64.1 Å². The summed E-state index contributed by atoms with van der Waals surface area (Å²) < 4.78 is 0. The number of hydrogen-bond donors (Lipinski definition) is 3. The minimum atomic E-state index is 0.292. The van der Waals surface area contributed by atoms with Gasteiger partial charge in [0.05, 0.1) is 0 Å². The molecule has 1 unspecified atom stereocenters. The van der Waals surface area contributed by atoms with Crippen molar-refractivity contribution in [1.82, 2.24) is 5.32 Å². The molecule has 1 rings (SSSR count). The average Bonchev–Trinajstić information content (AvgIpc) is 2.25. The zero-order chi connectivity index (χ0) is 10.2. The summed E-state index contributed by atoms with van der Waals surface area (Å²) in [6.45, 7) is 1.72. The molecule has 1 saturated carbocycles. The summed E-state index contributed by atoms with van der Waals surface area (Å²) in [7, 11) is 0. The Balaban J connectivity index is 2.00. The van der Waals surface area contributed by atoms with Gasteiger partial charge in [-0.2, -0.15) is 0 Å². The van der Waals surface area contributed by atoms with Gasteiger partial charge in [-0.15, -0.1) is 0 Å². The van der Waals surface area contributed by atoms with Gasteiger partial charge in [0.25, 0.3) is 0 Å².